The molecule has 0 radical (unpaired) electrons. The number of nitrogens with one attached hydrogen (secondary N) is 1. The molecule has 1 unspecified atom stereocenters. The van der Waals surface area contributed by atoms with E-state index < -0.39 is 0 Å². The van der Waals surface area contributed by atoms with E-state index in [4.69, 9.17) is 0 Å². The van der Waals surface area contributed by atoms with Crippen LogP contribution < -0.4 is 5.32 Å². The summed E-state index contributed by atoms with van der Waals surface area (Å²) < 4.78 is 0. The lowest BCUT2D eigenvalue weighted by atomic mass is 9.76. The van der Waals surface area contributed by atoms with Gasteiger partial charge in [0.2, 0.25) is 0 Å². The van der Waals surface area contributed by atoms with Crippen LogP contribution in [0.25, 0.3) is 0 Å². The third-order valence-corrected chi connectivity index (χ3v) is 4.28. The lowest BCUT2D eigenvalue weighted by Crippen LogP contribution is -2.35. The zero-order valence-electron chi connectivity index (χ0n) is 11.2. The van der Waals surface area contributed by atoms with Crippen molar-refractivity contribution in [2.45, 2.75) is 51.5 Å². The van der Waals surface area contributed by atoms with Crippen molar-refractivity contribution in [3.63, 3.8) is 0 Å². The van der Waals surface area contributed by atoms with Gasteiger partial charge in [-0.2, -0.15) is 0 Å². The number of hydrogen-bond acceptors (Lipinski definition) is 1. The van der Waals surface area contributed by atoms with Crippen molar-refractivity contribution < 1.29 is 0 Å². The first kappa shape index (κ1) is 12.6. The van der Waals surface area contributed by atoms with Gasteiger partial charge in [0.05, 0.1) is 0 Å². The fourth-order valence-electron chi connectivity index (χ4n) is 3.17. The van der Waals surface area contributed by atoms with Crippen LogP contribution in [0.5, 0.6) is 0 Å². The fraction of sp³-hybridized carbons (Fsp3) is 0.625. The van der Waals surface area contributed by atoms with Crippen molar-refractivity contribution >= 4 is 0 Å². The minimum Gasteiger partial charge on any atom is -0.314 e. The molecule has 1 aromatic rings. The molecule has 17 heavy (non-hydrogen) atoms. The van der Waals surface area contributed by atoms with Gasteiger partial charge in [-0.05, 0) is 56.6 Å². The molecule has 0 bridgehead atoms. The molecule has 0 amide bonds. The van der Waals surface area contributed by atoms with Crippen molar-refractivity contribution in [2.75, 3.05) is 6.54 Å². The smallest absolute Gasteiger partial charge is 0.00668 e. The van der Waals surface area contributed by atoms with Crippen LogP contribution in [0.2, 0.25) is 0 Å². The standard InChI is InChI=1S/C16H25N/c1-3-17-13(2)14-9-11-16(12-10-14)15-7-5-4-6-8-15/h4-8,13-14,16-17H,3,9-12H2,1-2H3. The number of rotatable bonds is 4. The highest BCUT2D eigenvalue weighted by Crippen LogP contribution is 2.36. The van der Waals surface area contributed by atoms with Crippen LogP contribution in [-0.4, -0.2) is 12.6 Å². The van der Waals surface area contributed by atoms with Gasteiger partial charge in [0.25, 0.3) is 0 Å². The van der Waals surface area contributed by atoms with E-state index in [1.807, 2.05) is 0 Å². The van der Waals surface area contributed by atoms with Gasteiger partial charge in [-0.1, -0.05) is 37.3 Å². The topological polar surface area (TPSA) is 12.0 Å². The molecule has 0 saturated heterocycles. The second kappa shape index (κ2) is 6.20. The Morgan fingerprint density at radius 2 is 1.76 bits per heavy atom. The van der Waals surface area contributed by atoms with Gasteiger partial charge in [0, 0.05) is 6.04 Å². The minimum atomic E-state index is 0.691. The van der Waals surface area contributed by atoms with E-state index in [9.17, 15) is 0 Å². The fourth-order valence-corrected chi connectivity index (χ4v) is 3.17. The molecule has 2 rings (SSSR count). The Labute approximate surface area is 106 Å². The number of hydrogen-bond donors (Lipinski definition) is 1. The minimum absolute atomic E-state index is 0.691. The van der Waals surface area contributed by atoms with E-state index in [1.54, 1.807) is 5.56 Å². The Kier molecular flexibility index (Phi) is 4.61. The maximum atomic E-state index is 3.57. The van der Waals surface area contributed by atoms with Crippen molar-refractivity contribution in [3.05, 3.63) is 35.9 Å². The Hall–Kier alpha value is -0.820. The highest BCUT2D eigenvalue weighted by atomic mass is 14.9. The van der Waals surface area contributed by atoms with Crippen LogP contribution >= 0.6 is 0 Å². The molecule has 0 aromatic heterocycles. The predicted octanol–water partition coefficient (Wildman–Crippen LogP) is 3.96. The first-order valence-electron chi connectivity index (χ1n) is 7.09. The molecule has 1 aromatic carbocycles. The molecule has 1 fully saturated rings. The third kappa shape index (κ3) is 3.32. The van der Waals surface area contributed by atoms with Crippen LogP contribution in [-0.2, 0) is 0 Å². The Morgan fingerprint density at radius 1 is 1.12 bits per heavy atom. The lowest BCUT2D eigenvalue weighted by molar-refractivity contribution is 0.265. The van der Waals surface area contributed by atoms with Gasteiger partial charge in [-0.3, -0.25) is 0 Å². The van der Waals surface area contributed by atoms with Crippen LogP contribution in [0.1, 0.15) is 51.0 Å². The quantitative estimate of drug-likeness (QED) is 0.827. The predicted molar refractivity (Wildman–Crippen MR) is 74.3 cm³/mol. The van der Waals surface area contributed by atoms with E-state index in [1.165, 1.54) is 25.7 Å². The van der Waals surface area contributed by atoms with E-state index in [0.29, 0.717) is 6.04 Å². The van der Waals surface area contributed by atoms with E-state index in [2.05, 4.69) is 49.5 Å². The molecule has 1 nitrogen and oxygen atoms in total. The van der Waals surface area contributed by atoms with E-state index in [-0.39, 0.29) is 0 Å². The normalized spacial score (nSPS) is 26.7. The molecule has 1 heteroatoms. The molecule has 1 atom stereocenters. The zero-order chi connectivity index (χ0) is 12.1. The van der Waals surface area contributed by atoms with E-state index >= 15 is 0 Å². The summed E-state index contributed by atoms with van der Waals surface area (Å²) in [5.74, 6) is 1.69. The van der Waals surface area contributed by atoms with Crippen LogP contribution in [0, 0.1) is 5.92 Å². The first-order chi connectivity index (χ1) is 8.31. The molecule has 1 aliphatic carbocycles. The largest absolute Gasteiger partial charge is 0.314 e. The van der Waals surface area contributed by atoms with Crippen molar-refractivity contribution in [1.82, 2.24) is 5.32 Å². The zero-order valence-corrected chi connectivity index (χ0v) is 11.2. The first-order valence-corrected chi connectivity index (χ1v) is 7.09. The summed E-state index contributed by atoms with van der Waals surface area (Å²) in [5.41, 5.74) is 1.54. The van der Waals surface area contributed by atoms with Gasteiger partial charge < -0.3 is 5.32 Å². The molecule has 94 valence electrons. The molecule has 1 N–H and O–H groups in total. The van der Waals surface area contributed by atoms with Gasteiger partial charge in [-0.15, -0.1) is 0 Å². The van der Waals surface area contributed by atoms with Crippen LogP contribution in [0.4, 0.5) is 0 Å². The molecule has 0 aliphatic heterocycles. The monoisotopic (exact) mass is 231 g/mol. The average molecular weight is 231 g/mol. The summed E-state index contributed by atoms with van der Waals surface area (Å²) in [6.45, 7) is 5.64. The molecular formula is C16H25N. The van der Waals surface area contributed by atoms with Gasteiger partial charge in [0.1, 0.15) is 0 Å². The Morgan fingerprint density at radius 3 is 2.35 bits per heavy atom. The maximum Gasteiger partial charge on any atom is 0.00668 e. The second-order valence-electron chi connectivity index (χ2n) is 5.37. The van der Waals surface area contributed by atoms with Crippen molar-refractivity contribution in [3.8, 4) is 0 Å². The summed E-state index contributed by atoms with van der Waals surface area (Å²) in [7, 11) is 0. The summed E-state index contributed by atoms with van der Waals surface area (Å²) >= 11 is 0. The molecule has 0 heterocycles. The maximum absolute atomic E-state index is 3.57. The van der Waals surface area contributed by atoms with Crippen LogP contribution in [0.3, 0.4) is 0 Å². The lowest BCUT2D eigenvalue weighted by Gasteiger charge is -2.32. The Balaban J connectivity index is 1.86. The van der Waals surface area contributed by atoms with Crippen molar-refractivity contribution in [1.29, 1.82) is 0 Å². The summed E-state index contributed by atoms with van der Waals surface area (Å²) in [6, 6.07) is 11.7. The van der Waals surface area contributed by atoms with Crippen molar-refractivity contribution in [2.24, 2.45) is 5.92 Å². The average Bonchev–Trinajstić information content (AvgIpc) is 2.40. The van der Waals surface area contributed by atoms with E-state index in [0.717, 1.165) is 18.4 Å². The van der Waals surface area contributed by atoms with Gasteiger partial charge >= 0.3 is 0 Å². The summed E-state index contributed by atoms with van der Waals surface area (Å²) in [4.78, 5) is 0. The molecule has 1 aliphatic rings. The molecular weight excluding hydrogens is 206 g/mol. The molecule has 1 saturated carbocycles. The van der Waals surface area contributed by atoms with Crippen LogP contribution in [0.15, 0.2) is 30.3 Å². The third-order valence-electron chi connectivity index (χ3n) is 4.28. The SMILES string of the molecule is CCNC(C)C1CCC(c2ccccc2)CC1. The summed E-state index contributed by atoms with van der Waals surface area (Å²) in [6.07, 6.45) is 5.50. The Bertz CT molecular complexity index is 312. The summed E-state index contributed by atoms with van der Waals surface area (Å²) in [5, 5.41) is 3.57. The second-order valence-corrected chi connectivity index (χ2v) is 5.37. The van der Waals surface area contributed by atoms with Gasteiger partial charge in [0.15, 0.2) is 0 Å². The number of benzene rings is 1. The molecule has 0 spiro atoms. The highest BCUT2D eigenvalue weighted by Gasteiger charge is 2.25. The highest BCUT2D eigenvalue weighted by molar-refractivity contribution is 5.19. The van der Waals surface area contributed by atoms with Gasteiger partial charge in [-0.25, -0.2) is 0 Å².